The van der Waals surface area contributed by atoms with E-state index in [0.717, 1.165) is 11.1 Å². The van der Waals surface area contributed by atoms with Gasteiger partial charge in [0.1, 0.15) is 11.6 Å². The number of aliphatic hydroxyl groups is 1. The fourth-order valence-electron chi connectivity index (χ4n) is 4.83. The Morgan fingerprint density at radius 1 is 0.844 bits per heavy atom. The number of methoxy groups -OCH3 is 3. The van der Waals surface area contributed by atoms with Crippen LogP contribution in [-0.2, 0) is 31.9 Å². The molecule has 0 spiro atoms. The number of hydrogen-bond acceptors (Lipinski definition) is 8. The third-order valence-electron chi connectivity index (χ3n) is 7.14. The van der Waals surface area contributed by atoms with Crippen molar-refractivity contribution in [3.8, 4) is 11.5 Å². The molecule has 11 nitrogen and oxygen atoms in total. The summed E-state index contributed by atoms with van der Waals surface area (Å²) in [5.74, 6) is -0.664. The highest BCUT2D eigenvalue weighted by atomic mass is 16.6. The molecule has 0 heterocycles. The van der Waals surface area contributed by atoms with Crippen LogP contribution in [0.25, 0.3) is 0 Å². The number of carbonyl (C=O) groups excluding carboxylic acids is 3. The molecule has 0 unspecified atom stereocenters. The Labute approximate surface area is 267 Å². The standard InChI is InChI=1S/C34H51N3O8/c1-22(2)30(32(40)35-16-17-42-6)37-31(39)25(18-24-14-15-28(43-7)29(20-24)44-8)21-27(38)26(19-23-12-10-9-11-13-23)36-33(41)45-34(3,4)5/h9-15,20,22,25-27,30,38H,16-19,21H2,1-8H3,(H,35,40)(H,36,41)(H,37,39)/t25-,26+,27+,30+/m1/s1. The van der Waals surface area contributed by atoms with Crippen molar-refractivity contribution in [2.75, 3.05) is 34.5 Å². The molecule has 11 heteroatoms. The summed E-state index contributed by atoms with van der Waals surface area (Å²) < 4.78 is 21.3. The summed E-state index contributed by atoms with van der Waals surface area (Å²) in [6.07, 6.45) is -1.28. The van der Waals surface area contributed by atoms with E-state index in [4.69, 9.17) is 18.9 Å². The van der Waals surface area contributed by atoms with Crippen molar-refractivity contribution in [2.45, 2.75) is 77.7 Å². The lowest BCUT2D eigenvalue weighted by molar-refractivity contribution is -0.132. The summed E-state index contributed by atoms with van der Waals surface area (Å²) in [7, 11) is 4.61. The van der Waals surface area contributed by atoms with Crippen LogP contribution in [0.4, 0.5) is 4.79 Å². The molecule has 4 N–H and O–H groups in total. The Morgan fingerprint density at radius 2 is 1.51 bits per heavy atom. The van der Waals surface area contributed by atoms with Crippen molar-refractivity contribution in [2.24, 2.45) is 11.8 Å². The molecule has 2 rings (SSSR count). The summed E-state index contributed by atoms with van der Waals surface area (Å²) in [6, 6.07) is 13.2. The van der Waals surface area contributed by atoms with E-state index < -0.39 is 41.7 Å². The summed E-state index contributed by atoms with van der Waals surface area (Å²) in [5.41, 5.74) is 0.925. The second-order valence-corrected chi connectivity index (χ2v) is 12.3. The van der Waals surface area contributed by atoms with Gasteiger partial charge in [-0.3, -0.25) is 9.59 Å². The molecule has 0 fully saturated rings. The number of amides is 3. The van der Waals surface area contributed by atoms with Crippen molar-refractivity contribution < 1.29 is 38.4 Å². The van der Waals surface area contributed by atoms with Crippen molar-refractivity contribution in [1.29, 1.82) is 0 Å². The van der Waals surface area contributed by atoms with Crippen molar-refractivity contribution in [1.82, 2.24) is 16.0 Å². The van der Waals surface area contributed by atoms with Crippen LogP contribution in [0.2, 0.25) is 0 Å². The lowest BCUT2D eigenvalue weighted by Crippen LogP contribution is -2.53. The first kappa shape index (κ1) is 37.4. The van der Waals surface area contributed by atoms with Gasteiger partial charge in [0.05, 0.1) is 33.0 Å². The minimum atomic E-state index is -1.14. The molecule has 2 aromatic carbocycles. The Hall–Kier alpha value is -3.83. The van der Waals surface area contributed by atoms with Gasteiger partial charge in [-0.25, -0.2) is 4.79 Å². The lowest BCUT2D eigenvalue weighted by atomic mass is 9.88. The molecule has 4 atom stereocenters. The smallest absolute Gasteiger partial charge is 0.407 e. The zero-order chi connectivity index (χ0) is 33.6. The molecule has 0 aliphatic rings. The van der Waals surface area contributed by atoms with Crippen LogP contribution in [0.5, 0.6) is 11.5 Å². The Morgan fingerprint density at radius 3 is 2.09 bits per heavy atom. The van der Waals surface area contributed by atoms with E-state index in [2.05, 4.69) is 16.0 Å². The molecule has 250 valence electrons. The minimum absolute atomic E-state index is 0.0103. The zero-order valence-corrected chi connectivity index (χ0v) is 27.8. The molecule has 0 aliphatic carbocycles. The molecule has 0 aromatic heterocycles. The molecule has 45 heavy (non-hydrogen) atoms. The van der Waals surface area contributed by atoms with Gasteiger partial charge >= 0.3 is 6.09 Å². The molecular weight excluding hydrogens is 578 g/mol. The van der Waals surface area contributed by atoms with E-state index in [1.54, 1.807) is 47.1 Å². The Balaban J connectivity index is 2.40. The molecule has 0 saturated carbocycles. The lowest BCUT2D eigenvalue weighted by Gasteiger charge is -2.30. The zero-order valence-electron chi connectivity index (χ0n) is 27.8. The quantitative estimate of drug-likeness (QED) is 0.194. The monoisotopic (exact) mass is 629 g/mol. The van der Waals surface area contributed by atoms with Crippen LogP contribution in [0, 0.1) is 11.8 Å². The van der Waals surface area contributed by atoms with E-state index in [1.165, 1.54) is 7.11 Å². The SMILES string of the molecule is COCCNC(=O)[C@@H](NC(=O)[C@H](Cc1ccc(OC)c(OC)c1)C[C@H](O)[C@H](Cc1ccccc1)NC(=O)OC(C)(C)C)C(C)C. The number of alkyl carbamates (subject to hydrolysis) is 1. The van der Waals surface area contributed by atoms with Gasteiger partial charge in [-0.15, -0.1) is 0 Å². The van der Waals surface area contributed by atoms with E-state index in [9.17, 15) is 19.5 Å². The Bertz CT molecular complexity index is 1220. The van der Waals surface area contributed by atoms with Crippen molar-refractivity contribution in [3.05, 3.63) is 59.7 Å². The van der Waals surface area contributed by atoms with Gasteiger partial charge < -0.3 is 40.0 Å². The van der Waals surface area contributed by atoms with Crippen LogP contribution >= 0.6 is 0 Å². The third-order valence-corrected chi connectivity index (χ3v) is 7.14. The summed E-state index contributed by atoms with van der Waals surface area (Å²) in [5, 5.41) is 20.1. The van der Waals surface area contributed by atoms with Gasteiger partial charge in [0.15, 0.2) is 11.5 Å². The molecular formula is C34H51N3O8. The predicted octanol–water partition coefficient (Wildman–Crippen LogP) is 3.65. The van der Waals surface area contributed by atoms with Gasteiger partial charge in [0.2, 0.25) is 11.8 Å². The van der Waals surface area contributed by atoms with E-state index in [-0.39, 0.29) is 24.7 Å². The number of carbonyl (C=O) groups is 3. The largest absolute Gasteiger partial charge is 0.493 e. The highest BCUT2D eigenvalue weighted by Crippen LogP contribution is 2.29. The molecule has 0 radical (unpaired) electrons. The maximum atomic E-state index is 13.9. The van der Waals surface area contributed by atoms with E-state index >= 15 is 0 Å². The number of nitrogens with one attached hydrogen (secondary N) is 3. The normalized spacial score (nSPS) is 14.1. The number of aliphatic hydroxyl groups excluding tert-OH is 1. The minimum Gasteiger partial charge on any atom is -0.493 e. The van der Waals surface area contributed by atoms with Crippen molar-refractivity contribution in [3.63, 3.8) is 0 Å². The fourth-order valence-corrected chi connectivity index (χ4v) is 4.83. The second-order valence-electron chi connectivity index (χ2n) is 12.3. The van der Waals surface area contributed by atoms with Crippen LogP contribution in [-0.4, -0.2) is 81.3 Å². The molecule has 0 saturated heterocycles. The fraction of sp³-hybridized carbons (Fsp3) is 0.559. The number of ether oxygens (including phenoxy) is 4. The highest BCUT2D eigenvalue weighted by Gasteiger charge is 2.33. The van der Waals surface area contributed by atoms with Crippen LogP contribution in [0.15, 0.2) is 48.5 Å². The maximum Gasteiger partial charge on any atom is 0.407 e. The summed E-state index contributed by atoms with van der Waals surface area (Å²) in [4.78, 5) is 39.7. The number of hydrogen-bond donors (Lipinski definition) is 4. The molecule has 0 aliphatic heterocycles. The van der Waals surface area contributed by atoms with E-state index in [1.807, 2.05) is 50.2 Å². The van der Waals surface area contributed by atoms with Gasteiger partial charge in [0.25, 0.3) is 0 Å². The van der Waals surface area contributed by atoms with Crippen molar-refractivity contribution >= 4 is 17.9 Å². The van der Waals surface area contributed by atoms with E-state index in [0.29, 0.717) is 31.1 Å². The van der Waals surface area contributed by atoms with Crippen LogP contribution in [0.1, 0.15) is 52.2 Å². The first-order chi connectivity index (χ1) is 21.3. The maximum absolute atomic E-state index is 13.9. The molecule has 0 bridgehead atoms. The average Bonchev–Trinajstić information content (AvgIpc) is 2.98. The topological polar surface area (TPSA) is 144 Å². The number of rotatable bonds is 17. The average molecular weight is 630 g/mol. The summed E-state index contributed by atoms with van der Waals surface area (Å²) >= 11 is 0. The first-order valence-electron chi connectivity index (χ1n) is 15.3. The van der Waals surface area contributed by atoms with Gasteiger partial charge in [-0.05, 0) is 69.2 Å². The van der Waals surface area contributed by atoms with Gasteiger partial charge in [0, 0.05) is 19.6 Å². The van der Waals surface area contributed by atoms with Gasteiger partial charge in [-0.2, -0.15) is 0 Å². The van der Waals surface area contributed by atoms with Crippen LogP contribution < -0.4 is 25.4 Å². The third kappa shape index (κ3) is 13.0. The first-order valence-corrected chi connectivity index (χ1v) is 15.3. The Kier molecular flexibility index (Phi) is 15.1. The second kappa shape index (κ2) is 18.2. The summed E-state index contributed by atoms with van der Waals surface area (Å²) in [6.45, 7) is 9.62. The highest BCUT2D eigenvalue weighted by molar-refractivity contribution is 5.88. The predicted molar refractivity (Wildman–Crippen MR) is 172 cm³/mol. The number of benzene rings is 2. The van der Waals surface area contributed by atoms with Crippen LogP contribution in [0.3, 0.4) is 0 Å². The molecule has 2 aromatic rings. The molecule has 3 amide bonds. The van der Waals surface area contributed by atoms with Gasteiger partial charge in [-0.1, -0.05) is 50.2 Å².